The van der Waals surface area contributed by atoms with Gasteiger partial charge in [0.1, 0.15) is 5.82 Å². The van der Waals surface area contributed by atoms with E-state index in [2.05, 4.69) is 10.1 Å². The highest BCUT2D eigenvalue weighted by atomic mass is 32.4. The van der Waals surface area contributed by atoms with Crippen LogP contribution in [0.25, 0.3) is 0 Å². The van der Waals surface area contributed by atoms with Crippen LogP contribution in [0.15, 0.2) is 24.4 Å². The van der Waals surface area contributed by atoms with Crippen LogP contribution in [-0.2, 0) is 11.8 Å². The Kier molecular flexibility index (Phi) is 2.63. The lowest BCUT2D eigenvalue weighted by Crippen LogP contribution is -1.94. The first-order valence-corrected chi connectivity index (χ1v) is 7.02. The van der Waals surface area contributed by atoms with Crippen LogP contribution in [-0.4, -0.2) is 18.3 Å². The van der Waals surface area contributed by atoms with Gasteiger partial charge in [0.15, 0.2) is 0 Å². The number of nitrogens with zero attached hydrogens (tertiary/aromatic N) is 1. The molecular weight excluding hydrogens is 175 g/mol. The van der Waals surface area contributed by atoms with Crippen molar-refractivity contribution in [3.8, 4) is 0 Å². The first-order chi connectivity index (χ1) is 5.08. The third kappa shape index (κ3) is 3.49. The number of nitrogens with one attached hydrogen (secondary N) is 1. The maximum Gasteiger partial charge on any atom is 0.129 e. The van der Waals surface area contributed by atoms with E-state index in [-0.39, 0.29) is 0 Å². The molecule has 4 heteroatoms. The van der Waals surface area contributed by atoms with Crippen molar-refractivity contribution in [1.82, 2.24) is 4.98 Å². The SMILES string of the molecule is CP(C)(=S)Nc1ccccn1. The number of anilines is 1. The minimum Gasteiger partial charge on any atom is -0.342 e. The molecule has 0 saturated heterocycles. The predicted molar refractivity (Wildman–Crippen MR) is 54.0 cm³/mol. The van der Waals surface area contributed by atoms with Gasteiger partial charge in [0.2, 0.25) is 0 Å². The van der Waals surface area contributed by atoms with Crippen LogP contribution >= 0.6 is 6.19 Å². The van der Waals surface area contributed by atoms with Gasteiger partial charge in [0.05, 0.1) is 0 Å². The van der Waals surface area contributed by atoms with Crippen molar-refractivity contribution in [2.45, 2.75) is 0 Å². The number of rotatable bonds is 2. The molecule has 0 aliphatic rings. The van der Waals surface area contributed by atoms with E-state index < -0.39 is 6.19 Å². The van der Waals surface area contributed by atoms with E-state index in [1.165, 1.54) is 0 Å². The molecule has 1 heterocycles. The smallest absolute Gasteiger partial charge is 0.129 e. The highest BCUT2D eigenvalue weighted by Crippen LogP contribution is 2.35. The summed E-state index contributed by atoms with van der Waals surface area (Å²) in [5, 5.41) is 3.20. The van der Waals surface area contributed by atoms with Gasteiger partial charge in [-0.1, -0.05) is 17.9 Å². The Balaban J connectivity index is 2.74. The summed E-state index contributed by atoms with van der Waals surface area (Å²) in [6.07, 6.45) is 0.390. The van der Waals surface area contributed by atoms with Crippen LogP contribution in [0.4, 0.5) is 5.82 Å². The fourth-order valence-corrected chi connectivity index (χ4v) is 1.67. The number of pyridine rings is 1. The molecule has 0 aliphatic heterocycles. The molecule has 2 nitrogen and oxygen atoms in total. The van der Waals surface area contributed by atoms with Crippen molar-refractivity contribution in [2.24, 2.45) is 0 Å². The maximum atomic E-state index is 5.23. The van der Waals surface area contributed by atoms with Crippen LogP contribution in [0, 0.1) is 0 Å². The van der Waals surface area contributed by atoms with Crippen molar-refractivity contribution in [2.75, 3.05) is 18.4 Å². The van der Waals surface area contributed by atoms with Crippen molar-refractivity contribution < 1.29 is 0 Å². The molecule has 0 bridgehead atoms. The molecule has 0 aromatic carbocycles. The fraction of sp³-hybridized carbons (Fsp3) is 0.286. The molecule has 1 N–H and O–H groups in total. The standard InChI is InChI=1S/C7H11N2PS/c1-10(2,11)9-7-5-3-4-6-8-7/h3-6H,1-2H3,(H,8,9,11). The van der Waals surface area contributed by atoms with Crippen LogP contribution < -0.4 is 5.09 Å². The maximum absolute atomic E-state index is 5.23. The van der Waals surface area contributed by atoms with Crippen molar-refractivity contribution in [3.05, 3.63) is 24.4 Å². The van der Waals surface area contributed by atoms with Crippen LogP contribution in [0.5, 0.6) is 0 Å². The van der Waals surface area contributed by atoms with Gasteiger partial charge in [-0.3, -0.25) is 0 Å². The van der Waals surface area contributed by atoms with Gasteiger partial charge in [0, 0.05) is 12.4 Å². The van der Waals surface area contributed by atoms with E-state index in [0.29, 0.717) is 0 Å². The summed E-state index contributed by atoms with van der Waals surface area (Å²) in [6.45, 7) is 4.08. The topological polar surface area (TPSA) is 24.9 Å². The lowest BCUT2D eigenvalue weighted by Gasteiger charge is -2.12. The Labute approximate surface area is 72.1 Å². The fourth-order valence-electron chi connectivity index (χ4n) is 0.705. The lowest BCUT2D eigenvalue weighted by molar-refractivity contribution is 1.33. The van der Waals surface area contributed by atoms with E-state index >= 15 is 0 Å². The number of aromatic nitrogens is 1. The van der Waals surface area contributed by atoms with Gasteiger partial charge >= 0.3 is 0 Å². The molecule has 0 saturated carbocycles. The molecule has 0 spiro atoms. The minimum absolute atomic E-state index is 0.876. The zero-order chi connectivity index (χ0) is 8.32. The zero-order valence-electron chi connectivity index (χ0n) is 6.61. The quantitative estimate of drug-likeness (QED) is 0.716. The van der Waals surface area contributed by atoms with E-state index in [1.807, 2.05) is 31.5 Å². The van der Waals surface area contributed by atoms with E-state index in [4.69, 9.17) is 11.8 Å². The van der Waals surface area contributed by atoms with E-state index in [0.717, 1.165) is 5.82 Å². The molecule has 0 fully saturated rings. The molecule has 1 rings (SSSR count). The summed E-state index contributed by atoms with van der Waals surface area (Å²) >= 11 is 5.23. The Hall–Kier alpha value is -0.400. The summed E-state index contributed by atoms with van der Waals surface area (Å²) < 4.78 is 0. The van der Waals surface area contributed by atoms with Gasteiger partial charge in [-0.2, -0.15) is 0 Å². The lowest BCUT2D eigenvalue weighted by atomic mass is 10.5. The zero-order valence-corrected chi connectivity index (χ0v) is 8.32. The molecule has 0 aliphatic carbocycles. The average Bonchev–Trinajstić information content (AvgIpc) is 1.85. The molecule has 1 aromatic rings. The highest BCUT2D eigenvalue weighted by Gasteiger charge is 2.00. The molecule has 0 amide bonds. The van der Waals surface area contributed by atoms with Gasteiger partial charge in [-0.15, -0.1) is 0 Å². The van der Waals surface area contributed by atoms with E-state index in [9.17, 15) is 0 Å². The molecule has 0 radical (unpaired) electrons. The van der Waals surface area contributed by atoms with Crippen molar-refractivity contribution >= 4 is 23.8 Å². The van der Waals surface area contributed by atoms with Crippen LogP contribution in [0.2, 0.25) is 0 Å². The first kappa shape index (κ1) is 8.69. The molecular formula is C7H11N2PS. The first-order valence-electron chi connectivity index (χ1n) is 3.32. The molecule has 60 valence electrons. The van der Waals surface area contributed by atoms with Gasteiger partial charge in [-0.05, 0) is 25.5 Å². The van der Waals surface area contributed by atoms with Gasteiger partial charge in [-0.25, -0.2) is 4.98 Å². The minimum atomic E-state index is -1.37. The van der Waals surface area contributed by atoms with E-state index in [1.54, 1.807) is 6.20 Å². The number of hydrogen-bond donors (Lipinski definition) is 1. The Morgan fingerprint density at radius 2 is 2.18 bits per heavy atom. The van der Waals surface area contributed by atoms with Crippen molar-refractivity contribution in [1.29, 1.82) is 0 Å². The largest absolute Gasteiger partial charge is 0.342 e. The summed E-state index contributed by atoms with van der Waals surface area (Å²) in [5.74, 6) is 0.876. The summed E-state index contributed by atoms with van der Waals surface area (Å²) in [6, 6.07) is 5.76. The Bertz CT molecular complexity index is 267. The van der Waals surface area contributed by atoms with Crippen LogP contribution in [0.3, 0.4) is 0 Å². The third-order valence-electron chi connectivity index (χ3n) is 1.05. The average molecular weight is 186 g/mol. The molecule has 0 atom stereocenters. The Morgan fingerprint density at radius 1 is 1.45 bits per heavy atom. The second-order valence-corrected chi connectivity index (χ2v) is 8.34. The normalized spacial score (nSPS) is 11.1. The second-order valence-electron chi connectivity index (χ2n) is 2.68. The summed E-state index contributed by atoms with van der Waals surface area (Å²) in [4.78, 5) is 4.11. The predicted octanol–water partition coefficient (Wildman–Crippen LogP) is 2.15. The van der Waals surface area contributed by atoms with Crippen LogP contribution in [0.1, 0.15) is 0 Å². The van der Waals surface area contributed by atoms with Gasteiger partial charge < -0.3 is 5.09 Å². The van der Waals surface area contributed by atoms with Gasteiger partial charge in [0.25, 0.3) is 0 Å². The summed E-state index contributed by atoms with van der Waals surface area (Å²) in [7, 11) is 0. The molecule has 1 aromatic heterocycles. The monoisotopic (exact) mass is 186 g/mol. The summed E-state index contributed by atoms with van der Waals surface area (Å²) in [5.41, 5.74) is 0. The molecule has 11 heavy (non-hydrogen) atoms. The van der Waals surface area contributed by atoms with Crippen molar-refractivity contribution in [3.63, 3.8) is 0 Å². The second kappa shape index (κ2) is 3.33. The molecule has 0 unspecified atom stereocenters. The highest BCUT2D eigenvalue weighted by molar-refractivity contribution is 8.14. The third-order valence-corrected chi connectivity index (χ3v) is 2.09. The number of hydrogen-bond acceptors (Lipinski definition) is 2. The Morgan fingerprint density at radius 3 is 2.64 bits per heavy atom.